The molecule has 0 unspecified atom stereocenters. The predicted octanol–water partition coefficient (Wildman–Crippen LogP) is 3.61. The first-order valence-corrected chi connectivity index (χ1v) is 11.2. The molecule has 7 heteroatoms. The molecule has 3 aromatic rings. The lowest BCUT2D eigenvalue weighted by molar-refractivity contribution is 0.122. The van der Waals surface area contributed by atoms with Crippen molar-refractivity contribution >= 4 is 26.4 Å². The quantitative estimate of drug-likeness (QED) is 0.638. The number of rotatable bonds is 5. The minimum absolute atomic E-state index is 0.212. The highest BCUT2D eigenvalue weighted by Gasteiger charge is 2.28. The van der Waals surface area contributed by atoms with Crippen molar-refractivity contribution in [2.24, 2.45) is 0 Å². The van der Waals surface area contributed by atoms with Crippen LogP contribution in [0.2, 0.25) is 0 Å². The van der Waals surface area contributed by atoms with E-state index in [0.29, 0.717) is 44.3 Å². The molecular weight excluding hydrogens is 388 g/mol. The first kappa shape index (κ1) is 19.7. The summed E-state index contributed by atoms with van der Waals surface area (Å²) in [5, 5.41) is 0.769. The molecule has 4 rings (SSSR count). The van der Waals surface area contributed by atoms with Crippen molar-refractivity contribution < 1.29 is 17.9 Å². The zero-order chi connectivity index (χ0) is 20.4. The highest BCUT2D eigenvalue weighted by molar-refractivity contribution is 7.91. The third kappa shape index (κ3) is 3.80. The second kappa shape index (κ2) is 8.00. The summed E-state index contributed by atoms with van der Waals surface area (Å²) in [6.07, 6.45) is 1.47. The van der Waals surface area contributed by atoms with Gasteiger partial charge in [-0.05, 0) is 44.2 Å². The summed E-state index contributed by atoms with van der Waals surface area (Å²) in [5.74, 6) is 0.696. The number of aryl methyl sites for hydroxylation is 1. The van der Waals surface area contributed by atoms with Crippen LogP contribution in [-0.2, 0) is 14.6 Å². The fourth-order valence-corrected chi connectivity index (χ4v) is 4.98. The van der Waals surface area contributed by atoms with Crippen molar-refractivity contribution in [3.63, 3.8) is 0 Å². The van der Waals surface area contributed by atoms with Crippen molar-refractivity contribution in [1.82, 2.24) is 4.98 Å². The van der Waals surface area contributed by atoms with Gasteiger partial charge in [0.25, 0.3) is 0 Å². The van der Waals surface area contributed by atoms with Gasteiger partial charge in [0.05, 0.1) is 35.9 Å². The lowest BCUT2D eigenvalue weighted by atomic mass is 10.1. The minimum atomic E-state index is -3.74. The zero-order valence-electron chi connectivity index (χ0n) is 16.6. The van der Waals surface area contributed by atoms with E-state index in [2.05, 4.69) is 9.88 Å². The van der Waals surface area contributed by atoms with Gasteiger partial charge in [0.15, 0.2) is 0 Å². The van der Waals surface area contributed by atoms with Gasteiger partial charge in [0.2, 0.25) is 9.84 Å². The molecule has 1 saturated heterocycles. The van der Waals surface area contributed by atoms with E-state index >= 15 is 0 Å². The van der Waals surface area contributed by atoms with E-state index in [1.807, 2.05) is 44.2 Å². The van der Waals surface area contributed by atoms with Gasteiger partial charge >= 0.3 is 0 Å². The summed E-state index contributed by atoms with van der Waals surface area (Å²) < 4.78 is 38.2. The van der Waals surface area contributed by atoms with Gasteiger partial charge < -0.3 is 14.4 Å². The molecule has 1 aliphatic rings. The standard InChI is InChI=1S/C22H24N2O4S/c1-3-28-17-6-9-20-19(14-17)22(24-10-12-27-13-11-24)21(15-23-20)29(25,26)18-7-4-16(2)5-8-18/h4-9,14-15H,3,10-13H2,1-2H3. The van der Waals surface area contributed by atoms with E-state index < -0.39 is 9.84 Å². The number of hydrogen-bond acceptors (Lipinski definition) is 6. The van der Waals surface area contributed by atoms with Crippen LogP contribution in [0.25, 0.3) is 10.9 Å². The number of hydrogen-bond donors (Lipinski definition) is 0. The maximum atomic E-state index is 13.5. The average Bonchev–Trinajstić information content (AvgIpc) is 2.74. The van der Waals surface area contributed by atoms with Crippen molar-refractivity contribution in [3.8, 4) is 5.75 Å². The molecular formula is C22H24N2O4S. The summed E-state index contributed by atoms with van der Waals surface area (Å²) in [6, 6.07) is 12.5. The van der Waals surface area contributed by atoms with Crippen LogP contribution in [0.1, 0.15) is 12.5 Å². The van der Waals surface area contributed by atoms with Gasteiger partial charge in [-0.25, -0.2) is 8.42 Å². The number of morpholine rings is 1. The number of benzene rings is 2. The Kier molecular flexibility index (Phi) is 5.43. The molecule has 0 bridgehead atoms. The van der Waals surface area contributed by atoms with E-state index in [1.165, 1.54) is 6.20 Å². The molecule has 29 heavy (non-hydrogen) atoms. The molecule has 0 radical (unpaired) electrons. The predicted molar refractivity (Wildman–Crippen MR) is 113 cm³/mol. The molecule has 0 spiro atoms. The molecule has 152 valence electrons. The zero-order valence-corrected chi connectivity index (χ0v) is 17.4. The fraction of sp³-hybridized carbons (Fsp3) is 0.318. The summed E-state index contributed by atoms with van der Waals surface area (Å²) in [5.41, 5.74) is 2.41. The van der Waals surface area contributed by atoms with Crippen LogP contribution in [0, 0.1) is 6.92 Å². The maximum absolute atomic E-state index is 13.5. The molecule has 1 aliphatic heterocycles. The molecule has 2 aromatic carbocycles. The van der Waals surface area contributed by atoms with Crippen molar-refractivity contribution in [2.75, 3.05) is 37.8 Å². The first-order valence-electron chi connectivity index (χ1n) is 9.70. The van der Waals surface area contributed by atoms with Crippen LogP contribution in [0.5, 0.6) is 5.75 Å². The van der Waals surface area contributed by atoms with Crippen LogP contribution in [0.15, 0.2) is 58.5 Å². The fourth-order valence-electron chi connectivity index (χ4n) is 3.55. The molecule has 0 atom stereocenters. The van der Waals surface area contributed by atoms with Crippen LogP contribution >= 0.6 is 0 Å². The van der Waals surface area contributed by atoms with Gasteiger partial charge in [0.1, 0.15) is 10.6 Å². The number of pyridine rings is 1. The molecule has 1 fully saturated rings. The second-order valence-electron chi connectivity index (χ2n) is 7.00. The Hall–Kier alpha value is -2.64. The third-order valence-corrected chi connectivity index (χ3v) is 6.81. The SMILES string of the molecule is CCOc1ccc2ncc(S(=O)(=O)c3ccc(C)cc3)c(N3CCOCC3)c2c1. The Labute approximate surface area is 171 Å². The Morgan fingerprint density at radius 1 is 1.10 bits per heavy atom. The summed E-state index contributed by atoms with van der Waals surface area (Å²) >= 11 is 0. The number of aromatic nitrogens is 1. The molecule has 1 aromatic heterocycles. The van der Waals surface area contributed by atoms with Crippen LogP contribution in [0.4, 0.5) is 5.69 Å². The van der Waals surface area contributed by atoms with Gasteiger partial charge in [-0.15, -0.1) is 0 Å². The Morgan fingerprint density at radius 2 is 1.83 bits per heavy atom. The van der Waals surface area contributed by atoms with E-state index in [1.54, 1.807) is 12.1 Å². The van der Waals surface area contributed by atoms with Crippen LogP contribution in [-0.4, -0.2) is 46.3 Å². The molecule has 6 nitrogen and oxygen atoms in total. The van der Waals surface area contributed by atoms with Gasteiger partial charge in [-0.3, -0.25) is 4.98 Å². The maximum Gasteiger partial charge on any atom is 0.210 e. The topological polar surface area (TPSA) is 68.7 Å². The van der Waals surface area contributed by atoms with Gasteiger partial charge in [-0.1, -0.05) is 17.7 Å². The minimum Gasteiger partial charge on any atom is -0.494 e. The number of ether oxygens (including phenoxy) is 2. The van der Waals surface area contributed by atoms with Gasteiger partial charge in [-0.2, -0.15) is 0 Å². The highest BCUT2D eigenvalue weighted by Crippen LogP contribution is 2.37. The number of nitrogens with zero attached hydrogens (tertiary/aromatic N) is 2. The monoisotopic (exact) mass is 412 g/mol. The van der Waals surface area contributed by atoms with Crippen LogP contribution < -0.4 is 9.64 Å². The Balaban J connectivity index is 1.95. The van der Waals surface area contributed by atoms with E-state index in [-0.39, 0.29) is 9.79 Å². The van der Waals surface area contributed by atoms with E-state index in [9.17, 15) is 8.42 Å². The van der Waals surface area contributed by atoms with Gasteiger partial charge in [0, 0.05) is 24.7 Å². The largest absolute Gasteiger partial charge is 0.494 e. The normalized spacial score (nSPS) is 14.9. The molecule has 0 amide bonds. The smallest absolute Gasteiger partial charge is 0.210 e. The van der Waals surface area contributed by atoms with Crippen molar-refractivity contribution in [2.45, 2.75) is 23.6 Å². The average molecular weight is 413 g/mol. The Bertz CT molecular complexity index is 1120. The molecule has 0 aliphatic carbocycles. The molecule has 0 saturated carbocycles. The number of anilines is 1. The first-order chi connectivity index (χ1) is 14.0. The lowest BCUT2D eigenvalue weighted by Crippen LogP contribution is -2.37. The highest BCUT2D eigenvalue weighted by atomic mass is 32.2. The van der Waals surface area contributed by atoms with Crippen LogP contribution in [0.3, 0.4) is 0 Å². The summed E-state index contributed by atoms with van der Waals surface area (Å²) in [7, 11) is -3.74. The molecule has 2 heterocycles. The number of fused-ring (bicyclic) bond motifs is 1. The third-order valence-electron chi connectivity index (χ3n) is 5.04. The summed E-state index contributed by atoms with van der Waals surface area (Å²) in [4.78, 5) is 7.00. The number of sulfone groups is 1. The Morgan fingerprint density at radius 3 is 2.52 bits per heavy atom. The van der Waals surface area contributed by atoms with E-state index in [4.69, 9.17) is 9.47 Å². The van der Waals surface area contributed by atoms with Crippen molar-refractivity contribution in [1.29, 1.82) is 0 Å². The molecule has 0 N–H and O–H groups in total. The van der Waals surface area contributed by atoms with Crippen molar-refractivity contribution in [3.05, 3.63) is 54.2 Å². The second-order valence-corrected chi connectivity index (χ2v) is 8.92. The lowest BCUT2D eigenvalue weighted by Gasteiger charge is -2.31. The van der Waals surface area contributed by atoms with E-state index in [0.717, 1.165) is 16.5 Å². The summed E-state index contributed by atoms with van der Waals surface area (Å²) in [6.45, 7) is 6.74.